The van der Waals surface area contributed by atoms with Crippen LogP contribution in [-0.2, 0) is 0 Å². The first-order valence-corrected chi connectivity index (χ1v) is 8.17. The summed E-state index contributed by atoms with van der Waals surface area (Å²) in [5.74, 6) is -1.61. The summed E-state index contributed by atoms with van der Waals surface area (Å²) < 4.78 is 28.3. The molecule has 0 aromatic heterocycles. The Balaban J connectivity index is 1.80. The molecule has 2 unspecified atom stereocenters. The normalized spacial score (nSPS) is 21.7. The van der Waals surface area contributed by atoms with Crippen LogP contribution in [0.15, 0.2) is 36.4 Å². The maximum Gasteiger partial charge on any atom is 0.273 e. The molecule has 3 atom stereocenters. The molecule has 0 bridgehead atoms. The van der Waals surface area contributed by atoms with Gasteiger partial charge in [-0.1, -0.05) is 38.5 Å². The summed E-state index contributed by atoms with van der Waals surface area (Å²) in [5.41, 5.74) is 6.02. The van der Waals surface area contributed by atoms with Crippen molar-refractivity contribution in [1.29, 1.82) is 0 Å². The minimum absolute atomic E-state index is 0.282. The number of nitrogens with one attached hydrogen (secondary N) is 1. The lowest BCUT2D eigenvalue weighted by Crippen LogP contribution is -2.32. The summed E-state index contributed by atoms with van der Waals surface area (Å²) >= 11 is 0. The number of nitrogens with two attached hydrogens (primary N) is 1. The number of aliphatic hydroxyl groups excluding tert-OH is 1. The van der Waals surface area contributed by atoms with Gasteiger partial charge in [0.05, 0.1) is 11.4 Å². The van der Waals surface area contributed by atoms with Crippen molar-refractivity contribution in [2.24, 2.45) is 11.8 Å². The molecule has 0 amide bonds. The van der Waals surface area contributed by atoms with E-state index in [9.17, 15) is 13.9 Å². The number of hydrogen-bond acceptors (Lipinski definition) is 3. The summed E-state index contributed by atoms with van der Waals surface area (Å²) in [4.78, 5) is 0. The van der Waals surface area contributed by atoms with Crippen LogP contribution in [0.2, 0.25) is 0 Å². The van der Waals surface area contributed by atoms with E-state index in [1.807, 2.05) is 0 Å². The molecule has 5 heteroatoms. The average Bonchev–Trinajstić information content (AvgIpc) is 3.21. The topological polar surface area (TPSA) is 58.3 Å². The number of benzene rings is 1. The second kappa shape index (κ2) is 7.30. The van der Waals surface area contributed by atoms with E-state index in [2.05, 4.69) is 18.8 Å². The molecular weight excluding hydrogens is 298 g/mol. The zero-order valence-electron chi connectivity index (χ0n) is 13.6. The van der Waals surface area contributed by atoms with Crippen LogP contribution in [0.1, 0.15) is 39.0 Å². The van der Waals surface area contributed by atoms with Gasteiger partial charge in [-0.05, 0) is 36.8 Å². The Morgan fingerprint density at radius 3 is 2.70 bits per heavy atom. The maximum atomic E-state index is 14.2. The van der Waals surface area contributed by atoms with E-state index in [1.54, 1.807) is 24.3 Å². The average molecular weight is 324 g/mol. The highest BCUT2D eigenvalue weighted by Gasteiger charge is 2.37. The fourth-order valence-corrected chi connectivity index (χ4v) is 2.78. The molecule has 1 aliphatic rings. The molecule has 128 valence electrons. The van der Waals surface area contributed by atoms with Crippen LogP contribution in [0.25, 0.3) is 0 Å². The Kier molecular flexibility index (Phi) is 5.63. The van der Waals surface area contributed by atoms with Gasteiger partial charge in [0.15, 0.2) is 6.23 Å². The fourth-order valence-electron chi connectivity index (χ4n) is 2.78. The van der Waals surface area contributed by atoms with E-state index in [4.69, 9.17) is 5.73 Å². The van der Waals surface area contributed by atoms with Crippen LogP contribution >= 0.6 is 0 Å². The van der Waals surface area contributed by atoms with E-state index in [1.165, 1.54) is 6.42 Å². The SMILES string of the molecule is C=C(C(O)Nc1ccccc1N)C(F)(F)CCCC[C@@H]1CC1C. The van der Waals surface area contributed by atoms with Crippen LogP contribution in [0.3, 0.4) is 0 Å². The van der Waals surface area contributed by atoms with Gasteiger partial charge in [0.2, 0.25) is 0 Å². The number of halogens is 2. The molecule has 3 nitrogen and oxygen atoms in total. The summed E-state index contributed by atoms with van der Waals surface area (Å²) in [6.07, 6.45) is 1.67. The van der Waals surface area contributed by atoms with E-state index < -0.39 is 17.7 Å². The van der Waals surface area contributed by atoms with Crippen molar-refractivity contribution in [3.8, 4) is 0 Å². The van der Waals surface area contributed by atoms with Crippen molar-refractivity contribution in [2.45, 2.75) is 51.2 Å². The monoisotopic (exact) mass is 324 g/mol. The molecule has 1 aromatic carbocycles. The maximum absolute atomic E-state index is 14.2. The number of anilines is 2. The molecule has 0 heterocycles. The number of aliphatic hydroxyl groups is 1. The smallest absolute Gasteiger partial charge is 0.273 e. The summed E-state index contributed by atoms with van der Waals surface area (Å²) in [6.45, 7) is 5.58. The van der Waals surface area contributed by atoms with Crippen molar-refractivity contribution in [1.82, 2.24) is 0 Å². The van der Waals surface area contributed by atoms with Gasteiger partial charge in [0, 0.05) is 12.0 Å². The van der Waals surface area contributed by atoms with Gasteiger partial charge in [-0.2, -0.15) is 0 Å². The number of nitrogen functional groups attached to an aromatic ring is 1. The van der Waals surface area contributed by atoms with Crippen LogP contribution in [0, 0.1) is 11.8 Å². The summed E-state index contributed by atoms with van der Waals surface area (Å²) in [7, 11) is 0. The Hall–Kier alpha value is -1.62. The molecule has 0 radical (unpaired) electrons. The highest BCUT2D eigenvalue weighted by atomic mass is 19.3. The van der Waals surface area contributed by atoms with Crippen LogP contribution < -0.4 is 11.1 Å². The van der Waals surface area contributed by atoms with Crippen molar-refractivity contribution in [3.63, 3.8) is 0 Å². The lowest BCUT2D eigenvalue weighted by molar-refractivity contribution is 0.00943. The Labute approximate surface area is 136 Å². The third-order valence-electron chi connectivity index (χ3n) is 4.64. The number of unbranched alkanes of at least 4 members (excludes halogenated alkanes) is 1. The molecule has 1 aliphatic carbocycles. The number of rotatable bonds is 9. The molecule has 0 aliphatic heterocycles. The van der Waals surface area contributed by atoms with Gasteiger partial charge < -0.3 is 16.2 Å². The predicted molar refractivity (Wildman–Crippen MR) is 90.3 cm³/mol. The Bertz CT molecular complexity index is 548. The molecule has 1 aromatic rings. The second-order valence-corrected chi connectivity index (χ2v) is 6.58. The number of para-hydroxylation sites is 2. The Morgan fingerprint density at radius 1 is 1.43 bits per heavy atom. The van der Waals surface area contributed by atoms with E-state index in [-0.39, 0.29) is 6.42 Å². The van der Waals surface area contributed by atoms with Crippen molar-refractivity contribution < 1.29 is 13.9 Å². The minimum atomic E-state index is -3.09. The second-order valence-electron chi connectivity index (χ2n) is 6.58. The molecular formula is C18H26F2N2O. The first-order chi connectivity index (χ1) is 10.8. The lowest BCUT2D eigenvalue weighted by atomic mass is 10.0. The zero-order chi connectivity index (χ0) is 17.0. The quantitative estimate of drug-likeness (QED) is 0.273. The Morgan fingerprint density at radius 2 is 2.09 bits per heavy atom. The zero-order valence-corrected chi connectivity index (χ0v) is 13.6. The number of hydrogen-bond donors (Lipinski definition) is 3. The molecule has 1 fully saturated rings. The summed E-state index contributed by atoms with van der Waals surface area (Å²) in [6, 6.07) is 6.71. The van der Waals surface area contributed by atoms with Gasteiger partial charge in [0.25, 0.3) is 5.92 Å². The van der Waals surface area contributed by atoms with E-state index >= 15 is 0 Å². The fraction of sp³-hybridized carbons (Fsp3) is 0.556. The molecule has 4 N–H and O–H groups in total. The van der Waals surface area contributed by atoms with Gasteiger partial charge in [-0.15, -0.1) is 0 Å². The van der Waals surface area contributed by atoms with Crippen molar-refractivity contribution in [2.75, 3.05) is 11.1 Å². The third kappa shape index (κ3) is 4.93. The minimum Gasteiger partial charge on any atom is -0.397 e. The molecule has 1 saturated carbocycles. The largest absolute Gasteiger partial charge is 0.397 e. The van der Waals surface area contributed by atoms with Gasteiger partial charge >= 0.3 is 0 Å². The molecule has 0 saturated heterocycles. The van der Waals surface area contributed by atoms with Crippen LogP contribution in [-0.4, -0.2) is 17.3 Å². The van der Waals surface area contributed by atoms with Gasteiger partial charge in [-0.3, -0.25) is 0 Å². The first kappa shape index (κ1) is 17.7. The predicted octanol–water partition coefficient (Wildman–Crippen LogP) is 4.41. The number of alkyl halides is 2. The molecule has 2 rings (SSSR count). The summed E-state index contributed by atoms with van der Waals surface area (Å²) in [5, 5.41) is 12.6. The standard InChI is InChI=1S/C18H26F2N2O/c1-12-11-14(12)7-5-6-10-18(19,20)13(2)17(23)22-16-9-4-3-8-15(16)21/h3-4,8-9,12,14,17,22-23H,2,5-7,10-11,21H2,1H3/t12?,14-,17?/m1/s1. The van der Waals surface area contributed by atoms with Crippen molar-refractivity contribution in [3.05, 3.63) is 36.4 Å². The highest BCUT2D eigenvalue weighted by Crippen LogP contribution is 2.42. The van der Waals surface area contributed by atoms with Crippen LogP contribution in [0.4, 0.5) is 20.2 Å². The van der Waals surface area contributed by atoms with Crippen molar-refractivity contribution >= 4 is 11.4 Å². The van der Waals surface area contributed by atoms with E-state index in [0.717, 1.165) is 24.7 Å². The highest BCUT2D eigenvalue weighted by molar-refractivity contribution is 5.66. The molecule has 0 spiro atoms. The lowest BCUT2D eigenvalue weighted by Gasteiger charge is -2.25. The third-order valence-corrected chi connectivity index (χ3v) is 4.64. The van der Waals surface area contributed by atoms with Gasteiger partial charge in [0.1, 0.15) is 0 Å². The van der Waals surface area contributed by atoms with Crippen LogP contribution in [0.5, 0.6) is 0 Å². The molecule has 23 heavy (non-hydrogen) atoms. The van der Waals surface area contributed by atoms with Gasteiger partial charge in [-0.25, -0.2) is 8.78 Å². The van der Waals surface area contributed by atoms with E-state index in [0.29, 0.717) is 17.8 Å². The first-order valence-electron chi connectivity index (χ1n) is 8.17.